The fraction of sp³-hybridized carbons (Fsp3) is 0.529. The summed E-state index contributed by atoms with van der Waals surface area (Å²) in [6.45, 7) is 10.9. The van der Waals surface area contributed by atoms with E-state index in [-0.39, 0.29) is 24.2 Å². The van der Waals surface area contributed by atoms with E-state index in [1.807, 2.05) is 39.8 Å². The summed E-state index contributed by atoms with van der Waals surface area (Å²) < 4.78 is 33.8. The van der Waals surface area contributed by atoms with Crippen molar-refractivity contribution in [3.8, 4) is 22.9 Å². The van der Waals surface area contributed by atoms with Crippen LogP contribution in [-0.2, 0) is 4.74 Å². The molecular weight excluding hydrogens is 625 g/mol. The minimum atomic E-state index is -0.578. The minimum Gasteiger partial charge on any atom is -0.487 e. The number of nitrogens with one attached hydrogen (secondary N) is 1. The van der Waals surface area contributed by atoms with Crippen LogP contribution in [0.25, 0.3) is 32.9 Å². The van der Waals surface area contributed by atoms with Gasteiger partial charge in [-0.2, -0.15) is 19.5 Å². The Bertz CT molecular complexity index is 1830. The number of ether oxygens (including phenoxy) is 3. The van der Waals surface area contributed by atoms with Crippen LogP contribution >= 0.6 is 11.6 Å². The summed E-state index contributed by atoms with van der Waals surface area (Å²) in [7, 11) is 2.10. The number of aromatic nitrogens is 4. The van der Waals surface area contributed by atoms with Crippen LogP contribution in [0.4, 0.5) is 15.0 Å². The van der Waals surface area contributed by atoms with Crippen LogP contribution in [0.1, 0.15) is 52.0 Å². The van der Waals surface area contributed by atoms with Gasteiger partial charge in [0, 0.05) is 48.7 Å². The molecular formula is C34H41ClFN7O4. The summed E-state index contributed by atoms with van der Waals surface area (Å²) in [4.78, 5) is 28.9. The molecule has 1 saturated carbocycles. The molecule has 13 heteroatoms. The lowest BCUT2D eigenvalue weighted by molar-refractivity contribution is 0.0240. The Morgan fingerprint density at radius 1 is 1.09 bits per heavy atom. The average molecular weight is 666 g/mol. The number of aromatic amines is 1. The Labute approximate surface area is 278 Å². The van der Waals surface area contributed by atoms with E-state index in [9.17, 15) is 4.79 Å². The summed E-state index contributed by atoms with van der Waals surface area (Å²) in [6.07, 6.45) is 3.62. The third-order valence-electron chi connectivity index (χ3n) is 9.11. The monoisotopic (exact) mass is 665 g/mol. The van der Waals surface area contributed by atoms with Crippen LogP contribution in [0.3, 0.4) is 0 Å². The Kier molecular flexibility index (Phi) is 8.28. The molecule has 7 rings (SSSR count). The molecule has 4 aromatic rings. The van der Waals surface area contributed by atoms with Gasteiger partial charge in [-0.1, -0.05) is 17.7 Å². The molecule has 0 unspecified atom stereocenters. The van der Waals surface area contributed by atoms with E-state index >= 15 is 4.39 Å². The quantitative estimate of drug-likeness (QED) is 0.242. The number of likely N-dealkylation sites (tertiary alicyclic amines) is 1. The van der Waals surface area contributed by atoms with Gasteiger partial charge < -0.3 is 28.9 Å². The van der Waals surface area contributed by atoms with Crippen molar-refractivity contribution in [1.82, 2.24) is 30.0 Å². The topological polar surface area (TPSA) is 109 Å². The smallest absolute Gasteiger partial charge is 0.410 e. The molecule has 3 aliphatic rings. The molecule has 0 bridgehead atoms. The normalized spacial score (nSPS) is 19.2. The molecule has 0 spiro atoms. The molecule has 11 nitrogen and oxygen atoms in total. The van der Waals surface area contributed by atoms with E-state index in [1.165, 1.54) is 0 Å². The summed E-state index contributed by atoms with van der Waals surface area (Å²) in [5.74, 6) is 0.584. The number of carbonyl (C=O) groups is 1. The van der Waals surface area contributed by atoms with Gasteiger partial charge in [0.15, 0.2) is 5.75 Å². The van der Waals surface area contributed by atoms with Gasteiger partial charge in [0.25, 0.3) is 0 Å². The van der Waals surface area contributed by atoms with E-state index in [0.29, 0.717) is 82.3 Å². The van der Waals surface area contributed by atoms with Gasteiger partial charge in [-0.15, -0.1) is 0 Å². The molecule has 1 atom stereocenters. The zero-order chi connectivity index (χ0) is 33.0. The highest BCUT2D eigenvalue weighted by atomic mass is 35.5. The molecule has 3 fully saturated rings. The van der Waals surface area contributed by atoms with E-state index in [0.717, 1.165) is 37.8 Å². The van der Waals surface area contributed by atoms with Crippen molar-refractivity contribution in [3.05, 3.63) is 34.7 Å². The number of nitrogens with zero attached hydrogens (tertiary/aromatic N) is 6. The highest BCUT2D eigenvalue weighted by Crippen LogP contribution is 2.49. The minimum absolute atomic E-state index is 0.00332. The van der Waals surface area contributed by atoms with Crippen LogP contribution < -0.4 is 14.4 Å². The number of rotatable bonds is 7. The van der Waals surface area contributed by atoms with Crippen molar-refractivity contribution in [1.29, 1.82) is 0 Å². The SMILES string of the molecule is Cc1ccc2n[nH]c(F)c2c1-c1c(Cl)cc2c(N3CCN(C(=O)OC(C)(C)C)CC3)nc(OC[C@@H]3CCCN3C)nc2c1OC1CC1. The summed E-state index contributed by atoms with van der Waals surface area (Å²) in [5, 5.41) is 8.08. The summed E-state index contributed by atoms with van der Waals surface area (Å²) >= 11 is 7.17. The third kappa shape index (κ3) is 6.37. The van der Waals surface area contributed by atoms with Crippen molar-refractivity contribution >= 4 is 45.3 Å². The van der Waals surface area contributed by atoms with Gasteiger partial charge >= 0.3 is 12.1 Å². The van der Waals surface area contributed by atoms with Crippen molar-refractivity contribution in [2.75, 3.05) is 51.3 Å². The van der Waals surface area contributed by atoms with Gasteiger partial charge in [0.2, 0.25) is 5.95 Å². The first-order chi connectivity index (χ1) is 22.5. The highest BCUT2D eigenvalue weighted by molar-refractivity contribution is 6.35. The zero-order valence-electron chi connectivity index (χ0n) is 27.5. The number of piperazine rings is 1. The average Bonchev–Trinajstić information content (AvgIpc) is 3.64. The predicted molar refractivity (Wildman–Crippen MR) is 179 cm³/mol. The standard InChI is InChI=1S/C34H41ClFN7O4/c1-19-8-11-24-27(30(36)40-39-24)25(19)26-23(35)17-22-28(29(26)46-21-9-10-21)37-32(45-18-20-7-6-12-41(20)5)38-31(22)42-13-15-43(16-14-42)33(44)47-34(2,3)4/h8,11,17,20-21H,6-7,9-10,12-16,18H2,1-5H3,(H,39,40)/t20-/m0/s1. The predicted octanol–water partition coefficient (Wildman–Crippen LogP) is 6.35. The molecule has 1 amide bonds. The number of amides is 1. The van der Waals surface area contributed by atoms with Gasteiger partial charge in [-0.3, -0.25) is 5.10 Å². The van der Waals surface area contributed by atoms with E-state index < -0.39 is 11.5 Å². The molecule has 2 saturated heterocycles. The van der Waals surface area contributed by atoms with Crippen LogP contribution in [0.2, 0.25) is 5.02 Å². The molecule has 47 heavy (non-hydrogen) atoms. The Balaban J connectivity index is 1.35. The fourth-order valence-electron chi connectivity index (χ4n) is 6.46. The Morgan fingerprint density at radius 3 is 2.53 bits per heavy atom. The molecule has 4 heterocycles. The van der Waals surface area contributed by atoms with Crippen LogP contribution in [0, 0.1) is 12.9 Å². The maximum atomic E-state index is 15.3. The number of benzene rings is 2. The molecule has 2 aromatic carbocycles. The van der Waals surface area contributed by atoms with Crippen molar-refractivity contribution in [3.63, 3.8) is 0 Å². The van der Waals surface area contributed by atoms with E-state index in [1.54, 1.807) is 11.0 Å². The van der Waals surface area contributed by atoms with Gasteiger partial charge in [0.1, 0.15) is 23.5 Å². The summed E-state index contributed by atoms with van der Waals surface area (Å²) in [6, 6.07) is 6.03. The number of anilines is 1. The van der Waals surface area contributed by atoms with Crippen LogP contribution in [0.5, 0.6) is 11.8 Å². The van der Waals surface area contributed by atoms with Crippen molar-refractivity contribution in [2.24, 2.45) is 0 Å². The van der Waals surface area contributed by atoms with Gasteiger partial charge in [-0.05, 0) is 84.7 Å². The van der Waals surface area contributed by atoms with Crippen LogP contribution in [0.15, 0.2) is 18.2 Å². The second kappa shape index (κ2) is 12.3. The van der Waals surface area contributed by atoms with Gasteiger partial charge in [0.05, 0.1) is 22.0 Å². The number of carbonyl (C=O) groups excluding carboxylic acids is 1. The molecule has 0 radical (unpaired) electrons. The molecule has 1 aliphatic carbocycles. The zero-order valence-corrected chi connectivity index (χ0v) is 28.3. The first-order valence-corrected chi connectivity index (χ1v) is 16.7. The molecule has 250 valence electrons. The number of hydrogen-bond acceptors (Lipinski definition) is 9. The highest BCUT2D eigenvalue weighted by Gasteiger charge is 2.33. The number of fused-ring (bicyclic) bond motifs is 2. The number of halogens is 2. The second-order valence-electron chi connectivity index (χ2n) is 13.8. The first-order valence-electron chi connectivity index (χ1n) is 16.4. The molecule has 2 aromatic heterocycles. The van der Waals surface area contributed by atoms with Gasteiger partial charge in [-0.25, -0.2) is 4.79 Å². The van der Waals surface area contributed by atoms with Crippen molar-refractivity contribution < 1.29 is 23.4 Å². The van der Waals surface area contributed by atoms with Crippen molar-refractivity contribution in [2.45, 2.75) is 71.1 Å². The maximum Gasteiger partial charge on any atom is 0.410 e. The fourth-order valence-corrected chi connectivity index (χ4v) is 6.75. The Hall–Kier alpha value is -3.90. The first kappa shape index (κ1) is 31.7. The largest absolute Gasteiger partial charge is 0.487 e. The maximum absolute atomic E-state index is 15.3. The molecule has 1 N–H and O–H groups in total. The summed E-state index contributed by atoms with van der Waals surface area (Å²) in [5.41, 5.74) is 2.46. The number of H-pyrrole nitrogens is 1. The van der Waals surface area contributed by atoms with Crippen LogP contribution in [-0.4, -0.2) is 100 Å². The second-order valence-corrected chi connectivity index (χ2v) is 14.2. The lowest BCUT2D eigenvalue weighted by atomic mass is 9.94. The lowest BCUT2D eigenvalue weighted by Crippen LogP contribution is -2.50. The Morgan fingerprint density at radius 2 is 1.85 bits per heavy atom. The lowest BCUT2D eigenvalue weighted by Gasteiger charge is -2.36. The third-order valence-corrected chi connectivity index (χ3v) is 9.41. The number of hydrogen-bond donors (Lipinski definition) is 1. The number of likely N-dealkylation sites (N-methyl/N-ethyl adjacent to an activating group) is 1. The number of aryl methyl sites for hydroxylation is 1. The molecule has 2 aliphatic heterocycles. The van der Waals surface area contributed by atoms with E-state index in [4.69, 9.17) is 35.8 Å². The van der Waals surface area contributed by atoms with E-state index in [2.05, 4.69) is 27.0 Å².